The zero-order valence-corrected chi connectivity index (χ0v) is 30.8. The Kier molecular flexibility index (Phi) is 18.2. The fourth-order valence-electron chi connectivity index (χ4n) is 4.31. The van der Waals surface area contributed by atoms with Crippen molar-refractivity contribution in [2.24, 2.45) is 11.7 Å². The van der Waals surface area contributed by atoms with Crippen LogP contribution in [0.25, 0.3) is 0 Å². The van der Waals surface area contributed by atoms with Crippen LogP contribution in [0, 0.1) is 5.92 Å². The topological polar surface area (TPSA) is 264 Å². The number of nitrogens with one attached hydrogen (secondary N) is 3. The van der Waals surface area contributed by atoms with Gasteiger partial charge < -0.3 is 35.3 Å². The molecular formula is C32H47N6O14P. The van der Waals surface area contributed by atoms with Gasteiger partial charge in [-0.2, -0.15) is 4.98 Å². The molecular weight excluding hydrogens is 723 g/mol. The molecule has 3 amide bonds. The lowest BCUT2D eigenvalue weighted by atomic mass is 10.0. The largest absolute Gasteiger partial charge is 0.475 e. The van der Waals surface area contributed by atoms with E-state index in [1.807, 2.05) is 0 Å². The number of rotatable bonds is 22. The van der Waals surface area contributed by atoms with Gasteiger partial charge in [-0.1, -0.05) is 45.2 Å². The zero-order valence-electron chi connectivity index (χ0n) is 29.9. The van der Waals surface area contributed by atoms with Crippen LogP contribution >= 0.6 is 7.82 Å². The molecule has 0 aliphatic carbocycles. The van der Waals surface area contributed by atoms with E-state index in [-0.39, 0.29) is 38.0 Å². The molecule has 7 atom stereocenters. The van der Waals surface area contributed by atoms with E-state index in [2.05, 4.69) is 40.7 Å². The number of hydrogen-bond acceptors (Lipinski definition) is 16. The first kappa shape index (κ1) is 44.4. The predicted molar refractivity (Wildman–Crippen MR) is 187 cm³/mol. The molecule has 5 N–H and O–H groups in total. The first-order valence-electron chi connectivity index (χ1n) is 16.3. The van der Waals surface area contributed by atoms with E-state index < -0.39 is 93.1 Å². The highest BCUT2D eigenvalue weighted by Crippen LogP contribution is 2.50. The number of carbonyl (C=O) groups excluding carboxylic acids is 5. The number of esters is 2. The van der Waals surface area contributed by atoms with E-state index in [9.17, 15) is 33.3 Å². The summed E-state index contributed by atoms with van der Waals surface area (Å²) in [6.07, 6.45) is 1.05. The van der Waals surface area contributed by atoms with Gasteiger partial charge in [0.15, 0.2) is 0 Å². The fourth-order valence-corrected chi connectivity index (χ4v) is 5.49. The normalized spacial score (nSPS) is 19.4. The number of ether oxygens (including phenoxy) is 4. The van der Waals surface area contributed by atoms with Crippen LogP contribution in [-0.4, -0.2) is 103 Å². The predicted octanol–water partition coefficient (Wildman–Crippen LogP) is 1.24. The Hall–Kier alpha value is -4.72. The molecule has 0 spiro atoms. The van der Waals surface area contributed by atoms with Crippen molar-refractivity contribution in [3.8, 4) is 0 Å². The Morgan fingerprint density at radius 3 is 2.28 bits per heavy atom. The molecule has 1 aliphatic heterocycles. The Morgan fingerprint density at radius 1 is 1.02 bits per heavy atom. The SMILES string of the molecule is C=CCOC(=O)Nc1ccn([C@H]2C[C@H](OC(C)=O)[C@@H](COP(=O)(OCC=C)OCC(NC(=O)[C@@H](N)C(C)C)C(=O)N[C@@H](C)C(=O)OCC=C)O2)c(=O)n1. The van der Waals surface area contributed by atoms with Gasteiger partial charge in [-0.15, -0.1) is 6.58 Å². The summed E-state index contributed by atoms with van der Waals surface area (Å²) < 4.78 is 52.3. The second kappa shape index (κ2) is 21.7. The molecule has 21 heteroatoms. The van der Waals surface area contributed by atoms with Gasteiger partial charge >= 0.3 is 31.5 Å². The van der Waals surface area contributed by atoms with Crippen molar-refractivity contribution in [3.63, 3.8) is 0 Å². The van der Waals surface area contributed by atoms with E-state index in [0.717, 1.165) is 11.5 Å². The molecule has 1 aliphatic rings. The number of phosphoric ester groups is 1. The summed E-state index contributed by atoms with van der Waals surface area (Å²) in [5.74, 6) is -3.59. The fraction of sp³-hybridized carbons (Fsp3) is 0.531. The lowest BCUT2D eigenvalue weighted by Gasteiger charge is -2.26. The Balaban J connectivity index is 2.25. The third-order valence-corrected chi connectivity index (χ3v) is 8.45. The van der Waals surface area contributed by atoms with Crippen molar-refractivity contribution in [1.82, 2.24) is 20.2 Å². The summed E-state index contributed by atoms with van der Waals surface area (Å²) >= 11 is 0. The first-order chi connectivity index (χ1) is 25.0. The molecule has 20 nitrogen and oxygen atoms in total. The molecule has 1 aromatic heterocycles. The van der Waals surface area contributed by atoms with E-state index in [4.69, 9.17) is 38.3 Å². The summed E-state index contributed by atoms with van der Waals surface area (Å²) in [6.45, 7) is 14.3. The van der Waals surface area contributed by atoms with Crippen LogP contribution in [-0.2, 0) is 56.3 Å². The van der Waals surface area contributed by atoms with Crippen LogP contribution in [0.1, 0.15) is 40.3 Å². The molecule has 0 radical (unpaired) electrons. The second-order valence-electron chi connectivity index (χ2n) is 11.6. The number of phosphoric acid groups is 1. The number of anilines is 1. The van der Waals surface area contributed by atoms with Gasteiger partial charge in [0.2, 0.25) is 11.8 Å². The Labute approximate surface area is 306 Å². The summed E-state index contributed by atoms with van der Waals surface area (Å²) in [4.78, 5) is 78.6. The number of carbonyl (C=O) groups is 5. The van der Waals surface area contributed by atoms with E-state index in [0.29, 0.717) is 0 Å². The van der Waals surface area contributed by atoms with Gasteiger partial charge in [0, 0.05) is 19.5 Å². The molecule has 2 unspecified atom stereocenters. The van der Waals surface area contributed by atoms with Crippen LogP contribution in [0.5, 0.6) is 0 Å². The average Bonchev–Trinajstić information content (AvgIpc) is 3.50. The Bertz CT molecular complexity index is 1590. The molecule has 0 saturated carbocycles. The number of hydrogen-bond donors (Lipinski definition) is 4. The van der Waals surface area contributed by atoms with Crippen molar-refractivity contribution in [1.29, 1.82) is 0 Å². The highest BCUT2D eigenvalue weighted by molar-refractivity contribution is 7.48. The number of nitrogens with two attached hydrogens (primary N) is 1. The van der Waals surface area contributed by atoms with Gasteiger partial charge in [-0.3, -0.25) is 37.8 Å². The van der Waals surface area contributed by atoms with Gasteiger partial charge in [0.25, 0.3) is 0 Å². The smallest absolute Gasteiger partial charge is 0.460 e. The maximum atomic E-state index is 13.8. The van der Waals surface area contributed by atoms with Gasteiger partial charge in [-0.25, -0.2) is 18.9 Å². The molecule has 2 heterocycles. The third kappa shape index (κ3) is 14.7. The standard InChI is InChI=1S/C32H47N6O14P/c1-8-13-46-30(42)20(6)34-28(40)22(35-29(41)27(33)19(4)5)17-49-53(45,48-15-10-3)50-18-24-23(51-21(7)39)16-26(52-24)38-12-11-25(36-31(38)43)37-32(44)47-14-9-2/h8-12,19-20,22-24,26-27H,1-3,13-18,33H2,4-7H3,(H,34,40)(H,35,41)(H,36,37,43,44)/t20-,22?,23-,24+,26+,27-,53?/m0/s1. The van der Waals surface area contributed by atoms with E-state index in [1.165, 1.54) is 37.4 Å². The lowest BCUT2D eigenvalue weighted by Crippen LogP contribution is -2.56. The molecule has 1 aromatic rings. The number of nitrogens with zero attached hydrogens (tertiary/aromatic N) is 2. The van der Waals surface area contributed by atoms with Crippen molar-refractivity contribution >= 4 is 43.5 Å². The minimum atomic E-state index is -4.62. The third-order valence-electron chi connectivity index (χ3n) is 7.06. The highest BCUT2D eigenvalue weighted by Gasteiger charge is 2.42. The average molecular weight is 771 g/mol. The van der Waals surface area contributed by atoms with Gasteiger partial charge in [0.05, 0.1) is 25.9 Å². The maximum Gasteiger partial charge on any atom is 0.475 e. The minimum absolute atomic E-state index is 0.0656. The molecule has 1 saturated heterocycles. The van der Waals surface area contributed by atoms with Crippen molar-refractivity contribution < 1.29 is 61.1 Å². The van der Waals surface area contributed by atoms with Crippen LogP contribution in [0.2, 0.25) is 0 Å². The summed E-state index contributed by atoms with van der Waals surface area (Å²) in [6, 6.07) is -2.46. The zero-order chi connectivity index (χ0) is 39.7. The molecule has 2 rings (SSSR count). The summed E-state index contributed by atoms with van der Waals surface area (Å²) in [5, 5.41) is 7.10. The minimum Gasteiger partial charge on any atom is -0.460 e. The van der Waals surface area contributed by atoms with Crippen molar-refractivity contribution in [3.05, 3.63) is 60.7 Å². The van der Waals surface area contributed by atoms with E-state index in [1.54, 1.807) is 13.8 Å². The summed E-state index contributed by atoms with van der Waals surface area (Å²) in [5.41, 5.74) is 5.11. The molecule has 294 valence electrons. The monoisotopic (exact) mass is 770 g/mol. The molecule has 0 aromatic carbocycles. The van der Waals surface area contributed by atoms with Gasteiger partial charge in [-0.05, 0) is 18.9 Å². The van der Waals surface area contributed by atoms with E-state index >= 15 is 0 Å². The summed E-state index contributed by atoms with van der Waals surface area (Å²) in [7, 11) is -4.62. The van der Waals surface area contributed by atoms with Crippen molar-refractivity contribution in [2.45, 2.75) is 70.7 Å². The molecule has 0 bridgehead atoms. The maximum absolute atomic E-state index is 13.8. The number of amides is 3. The highest BCUT2D eigenvalue weighted by atomic mass is 31.2. The van der Waals surface area contributed by atoms with Gasteiger partial charge in [0.1, 0.15) is 49.6 Å². The van der Waals surface area contributed by atoms with Crippen LogP contribution < -0.4 is 27.4 Å². The van der Waals surface area contributed by atoms with Crippen LogP contribution in [0.4, 0.5) is 10.6 Å². The van der Waals surface area contributed by atoms with Crippen LogP contribution in [0.15, 0.2) is 55.0 Å². The molecule has 53 heavy (non-hydrogen) atoms. The molecule has 1 fully saturated rings. The lowest BCUT2D eigenvalue weighted by molar-refractivity contribution is -0.150. The first-order valence-corrected chi connectivity index (χ1v) is 17.7. The Morgan fingerprint density at radius 2 is 1.68 bits per heavy atom. The van der Waals surface area contributed by atoms with Crippen molar-refractivity contribution in [2.75, 3.05) is 38.4 Å². The number of aromatic nitrogens is 2. The second-order valence-corrected chi connectivity index (χ2v) is 13.3. The van der Waals surface area contributed by atoms with Crippen LogP contribution in [0.3, 0.4) is 0 Å². The quantitative estimate of drug-likeness (QED) is 0.0559.